The Morgan fingerprint density at radius 2 is 2.29 bits per heavy atom. The minimum absolute atomic E-state index is 0.0188. The molecule has 1 atom stereocenters. The zero-order chi connectivity index (χ0) is 12.3. The Balaban J connectivity index is 2.31. The predicted octanol–water partition coefficient (Wildman–Crippen LogP) is 2.50. The Morgan fingerprint density at radius 3 is 2.88 bits per heavy atom. The van der Waals surface area contributed by atoms with Crippen molar-refractivity contribution in [2.24, 2.45) is 0 Å². The van der Waals surface area contributed by atoms with E-state index in [4.69, 9.17) is 4.42 Å². The van der Waals surface area contributed by atoms with Gasteiger partial charge in [-0.15, -0.1) is 0 Å². The topological polar surface area (TPSA) is 43.0 Å². The maximum Gasteiger partial charge on any atom is 0.133 e. The van der Waals surface area contributed by atoms with Crippen LogP contribution in [0.3, 0.4) is 0 Å². The molecular weight excluding hydrogens is 214 g/mol. The fourth-order valence-electron chi connectivity index (χ4n) is 2.02. The molecule has 2 heterocycles. The van der Waals surface area contributed by atoms with E-state index in [0.29, 0.717) is 0 Å². The molecule has 0 bridgehead atoms. The van der Waals surface area contributed by atoms with Gasteiger partial charge in [0.2, 0.25) is 0 Å². The lowest BCUT2D eigenvalue weighted by atomic mass is 10.2. The first kappa shape index (κ1) is 11.9. The highest BCUT2D eigenvalue weighted by molar-refractivity contribution is 5.18. The lowest BCUT2D eigenvalue weighted by Crippen LogP contribution is -2.21. The van der Waals surface area contributed by atoms with E-state index < -0.39 is 0 Å². The standard InChI is InChI=1S/C13H19N3O/c1-4-8-16-9-7-15-13(16)12(14-3)11-6-5-10(2)17-11/h5-7,9,12,14H,4,8H2,1-3H3. The molecule has 0 spiro atoms. The molecule has 0 amide bonds. The maximum atomic E-state index is 5.68. The largest absolute Gasteiger partial charge is 0.464 e. The number of rotatable bonds is 5. The van der Waals surface area contributed by atoms with Crippen LogP contribution in [0.4, 0.5) is 0 Å². The number of furan rings is 1. The van der Waals surface area contributed by atoms with Crippen molar-refractivity contribution in [1.82, 2.24) is 14.9 Å². The number of hydrogen-bond donors (Lipinski definition) is 1. The third kappa shape index (κ3) is 2.42. The molecule has 2 aromatic heterocycles. The van der Waals surface area contributed by atoms with Gasteiger partial charge in [0.1, 0.15) is 23.4 Å². The summed E-state index contributed by atoms with van der Waals surface area (Å²) in [6, 6.07) is 4.00. The lowest BCUT2D eigenvalue weighted by Gasteiger charge is -2.15. The second-order valence-electron chi connectivity index (χ2n) is 4.15. The molecule has 0 saturated heterocycles. The number of imidazole rings is 1. The van der Waals surface area contributed by atoms with Crippen molar-refractivity contribution < 1.29 is 4.42 Å². The van der Waals surface area contributed by atoms with E-state index in [-0.39, 0.29) is 6.04 Å². The molecule has 0 aliphatic heterocycles. The summed E-state index contributed by atoms with van der Waals surface area (Å²) < 4.78 is 7.84. The average Bonchev–Trinajstić information content (AvgIpc) is 2.91. The SMILES string of the molecule is CCCn1ccnc1C(NC)c1ccc(C)o1. The van der Waals surface area contributed by atoms with Gasteiger partial charge in [-0.25, -0.2) is 4.98 Å². The quantitative estimate of drug-likeness (QED) is 0.862. The molecule has 0 aromatic carbocycles. The Kier molecular flexibility index (Phi) is 3.64. The van der Waals surface area contributed by atoms with Crippen LogP contribution >= 0.6 is 0 Å². The summed E-state index contributed by atoms with van der Waals surface area (Å²) >= 11 is 0. The van der Waals surface area contributed by atoms with Gasteiger partial charge in [-0.1, -0.05) is 6.92 Å². The molecule has 1 N–H and O–H groups in total. The zero-order valence-corrected chi connectivity index (χ0v) is 10.6. The Hall–Kier alpha value is -1.55. The Morgan fingerprint density at radius 1 is 1.47 bits per heavy atom. The van der Waals surface area contributed by atoms with Crippen LogP contribution in [-0.2, 0) is 6.54 Å². The molecule has 1 unspecified atom stereocenters. The third-order valence-electron chi connectivity index (χ3n) is 2.80. The fraction of sp³-hybridized carbons (Fsp3) is 0.462. The van der Waals surface area contributed by atoms with Gasteiger partial charge in [0.25, 0.3) is 0 Å². The summed E-state index contributed by atoms with van der Waals surface area (Å²) in [7, 11) is 1.92. The highest BCUT2D eigenvalue weighted by Gasteiger charge is 2.20. The first-order chi connectivity index (χ1) is 8.26. The Bertz CT molecular complexity index is 472. The van der Waals surface area contributed by atoms with Gasteiger partial charge >= 0.3 is 0 Å². The number of aryl methyl sites for hydroxylation is 2. The number of hydrogen-bond acceptors (Lipinski definition) is 3. The summed E-state index contributed by atoms with van der Waals surface area (Å²) in [5.41, 5.74) is 0. The lowest BCUT2D eigenvalue weighted by molar-refractivity contribution is 0.426. The molecule has 4 nitrogen and oxygen atoms in total. The monoisotopic (exact) mass is 233 g/mol. The van der Waals surface area contributed by atoms with Crippen LogP contribution in [0.25, 0.3) is 0 Å². The van der Waals surface area contributed by atoms with Crippen LogP contribution in [-0.4, -0.2) is 16.6 Å². The fourth-order valence-corrected chi connectivity index (χ4v) is 2.02. The van der Waals surface area contributed by atoms with Crippen LogP contribution < -0.4 is 5.32 Å². The molecule has 4 heteroatoms. The minimum atomic E-state index is 0.0188. The maximum absolute atomic E-state index is 5.68. The summed E-state index contributed by atoms with van der Waals surface area (Å²) in [6.07, 6.45) is 4.95. The van der Waals surface area contributed by atoms with Crippen LogP contribution in [0, 0.1) is 6.92 Å². The highest BCUT2D eigenvalue weighted by atomic mass is 16.3. The third-order valence-corrected chi connectivity index (χ3v) is 2.80. The summed E-state index contributed by atoms with van der Waals surface area (Å²) in [5.74, 6) is 2.84. The smallest absolute Gasteiger partial charge is 0.133 e. The van der Waals surface area contributed by atoms with Gasteiger partial charge in [-0.2, -0.15) is 0 Å². The normalized spacial score (nSPS) is 12.9. The first-order valence-electron chi connectivity index (χ1n) is 6.01. The van der Waals surface area contributed by atoms with Gasteiger partial charge in [-0.05, 0) is 32.5 Å². The van der Waals surface area contributed by atoms with E-state index in [9.17, 15) is 0 Å². The van der Waals surface area contributed by atoms with Gasteiger partial charge in [0.05, 0.1) is 0 Å². The van der Waals surface area contributed by atoms with Gasteiger partial charge in [0.15, 0.2) is 0 Å². The van der Waals surface area contributed by atoms with E-state index in [1.807, 2.05) is 38.5 Å². The van der Waals surface area contributed by atoms with Crippen molar-refractivity contribution in [3.05, 3.63) is 41.9 Å². The molecule has 17 heavy (non-hydrogen) atoms. The van der Waals surface area contributed by atoms with Crippen molar-refractivity contribution in [2.75, 3.05) is 7.05 Å². The minimum Gasteiger partial charge on any atom is -0.464 e. The number of nitrogens with one attached hydrogen (secondary N) is 1. The van der Waals surface area contributed by atoms with Crippen LogP contribution in [0.1, 0.15) is 36.7 Å². The summed E-state index contributed by atoms with van der Waals surface area (Å²) in [5, 5.41) is 3.26. The Labute approximate surface area is 102 Å². The van der Waals surface area contributed by atoms with Crippen molar-refractivity contribution in [2.45, 2.75) is 32.9 Å². The van der Waals surface area contributed by atoms with Crippen molar-refractivity contribution in [3.63, 3.8) is 0 Å². The van der Waals surface area contributed by atoms with Crippen molar-refractivity contribution >= 4 is 0 Å². The molecule has 2 rings (SSSR count). The molecule has 2 aromatic rings. The average molecular weight is 233 g/mol. The van der Waals surface area contributed by atoms with Gasteiger partial charge in [-0.3, -0.25) is 0 Å². The molecule has 0 fully saturated rings. The zero-order valence-electron chi connectivity index (χ0n) is 10.6. The molecule has 0 radical (unpaired) electrons. The van der Waals surface area contributed by atoms with Crippen LogP contribution in [0.5, 0.6) is 0 Å². The van der Waals surface area contributed by atoms with Crippen molar-refractivity contribution in [3.8, 4) is 0 Å². The number of nitrogens with zero attached hydrogens (tertiary/aromatic N) is 2. The van der Waals surface area contributed by atoms with E-state index in [1.54, 1.807) is 0 Å². The van der Waals surface area contributed by atoms with Gasteiger partial charge < -0.3 is 14.3 Å². The highest BCUT2D eigenvalue weighted by Crippen LogP contribution is 2.22. The van der Waals surface area contributed by atoms with E-state index in [1.165, 1.54) is 0 Å². The number of aromatic nitrogens is 2. The molecular formula is C13H19N3O. The van der Waals surface area contributed by atoms with E-state index in [2.05, 4.69) is 21.8 Å². The van der Waals surface area contributed by atoms with Crippen LogP contribution in [0.15, 0.2) is 28.9 Å². The van der Waals surface area contributed by atoms with E-state index in [0.717, 1.165) is 30.3 Å². The first-order valence-corrected chi connectivity index (χ1v) is 6.01. The second-order valence-corrected chi connectivity index (χ2v) is 4.15. The van der Waals surface area contributed by atoms with Crippen molar-refractivity contribution in [1.29, 1.82) is 0 Å². The predicted molar refractivity (Wildman–Crippen MR) is 66.9 cm³/mol. The molecule has 0 aliphatic rings. The molecule has 0 aliphatic carbocycles. The summed E-state index contributed by atoms with van der Waals surface area (Å²) in [4.78, 5) is 4.43. The molecule has 0 saturated carbocycles. The second kappa shape index (κ2) is 5.19. The van der Waals surface area contributed by atoms with Crippen LogP contribution in [0.2, 0.25) is 0 Å². The van der Waals surface area contributed by atoms with E-state index >= 15 is 0 Å². The summed E-state index contributed by atoms with van der Waals surface area (Å²) in [6.45, 7) is 5.09. The molecule has 92 valence electrons. The van der Waals surface area contributed by atoms with Gasteiger partial charge in [0, 0.05) is 18.9 Å².